The van der Waals surface area contributed by atoms with Crippen LogP contribution in [0.5, 0.6) is 0 Å². The highest BCUT2D eigenvalue weighted by molar-refractivity contribution is 7.92. The van der Waals surface area contributed by atoms with Gasteiger partial charge in [-0.25, -0.2) is 12.8 Å². The number of likely N-dealkylation sites (tertiary alicyclic amines) is 2. The Morgan fingerprint density at radius 1 is 1.02 bits per heavy atom. The lowest BCUT2D eigenvalue weighted by Crippen LogP contribution is -2.56. The summed E-state index contributed by atoms with van der Waals surface area (Å²) in [5.41, 5.74) is 1.57. The molecule has 0 spiro atoms. The number of amides is 1. The monoisotopic (exact) mass is 789 g/mol. The molecule has 14 heteroatoms. The fraction of sp³-hybridized carbons (Fsp3) is 0.571. The molecule has 0 unspecified atom stereocenters. The van der Waals surface area contributed by atoms with Crippen LogP contribution in [0.15, 0.2) is 78.0 Å². The van der Waals surface area contributed by atoms with Gasteiger partial charge in [-0.05, 0) is 113 Å². The molecular weight excluding hydrogens is 734 g/mol. The van der Waals surface area contributed by atoms with Crippen LogP contribution in [-0.4, -0.2) is 129 Å². The van der Waals surface area contributed by atoms with E-state index in [1.165, 1.54) is 19.3 Å². The summed E-state index contributed by atoms with van der Waals surface area (Å²) in [6, 6.07) is 14.3. The van der Waals surface area contributed by atoms with E-state index >= 15 is 4.39 Å². The summed E-state index contributed by atoms with van der Waals surface area (Å²) in [4.78, 5) is 33.7. The van der Waals surface area contributed by atoms with E-state index in [-0.39, 0.29) is 48.5 Å². The Hall–Kier alpha value is -4.14. The summed E-state index contributed by atoms with van der Waals surface area (Å²) in [5, 5.41) is 7.93. The van der Waals surface area contributed by atoms with Gasteiger partial charge in [-0.3, -0.25) is 14.3 Å². The first-order valence-electron chi connectivity index (χ1n) is 20.0. The Labute approximate surface area is 330 Å². The largest absolute Gasteiger partial charge is 0.469 e. The molecule has 12 nitrogen and oxygen atoms in total. The number of halogens is 1. The number of likely N-dealkylation sites (N-methyl/N-ethyl adjacent to an activating group) is 1. The van der Waals surface area contributed by atoms with Crippen LogP contribution in [0.25, 0.3) is 0 Å². The van der Waals surface area contributed by atoms with Crippen molar-refractivity contribution in [2.45, 2.75) is 60.6 Å². The van der Waals surface area contributed by atoms with E-state index in [1.807, 2.05) is 48.1 Å². The third kappa shape index (κ3) is 8.57. The normalized spacial score (nSPS) is 22.7. The Morgan fingerprint density at radius 3 is 2.43 bits per heavy atom. The number of hydrogen-bond acceptors (Lipinski definition) is 10. The lowest BCUT2D eigenvalue weighted by atomic mass is 9.57. The van der Waals surface area contributed by atoms with Crippen LogP contribution < -0.4 is 4.90 Å². The van der Waals surface area contributed by atoms with E-state index in [2.05, 4.69) is 26.2 Å². The minimum Gasteiger partial charge on any atom is -0.469 e. The minimum atomic E-state index is -3.53. The van der Waals surface area contributed by atoms with Crippen molar-refractivity contribution in [2.24, 2.45) is 23.7 Å². The summed E-state index contributed by atoms with van der Waals surface area (Å²) in [5.74, 6) is 0.469. The van der Waals surface area contributed by atoms with Crippen LogP contribution in [0.2, 0.25) is 0 Å². The summed E-state index contributed by atoms with van der Waals surface area (Å²) in [7, 11) is 1.77. The van der Waals surface area contributed by atoms with E-state index < -0.39 is 20.5 Å². The fourth-order valence-electron chi connectivity index (χ4n) is 9.93. The lowest BCUT2D eigenvalue weighted by Gasteiger charge is -2.51. The molecule has 302 valence electrons. The molecule has 1 saturated carbocycles. The molecule has 3 atom stereocenters. The number of methoxy groups -OCH3 is 1. The zero-order chi connectivity index (χ0) is 39.5. The summed E-state index contributed by atoms with van der Waals surface area (Å²) in [6.45, 7) is 6.33. The van der Waals surface area contributed by atoms with Crippen LogP contribution in [0.1, 0.15) is 44.1 Å². The molecule has 3 aromatic rings. The molecule has 4 heterocycles. The van der Waals surface area contributed by atoms with Crippen molar-refractivity contribution in [3.8, 4) is 0 Å². The van der Waals surface area contributed by atoms with Crippen LogP contribution in [0.4, 0.5) is 10.1 Å². The third-order valence-electron chi connectivity index (χ3n) is 12.9. The number of rotatable bonds is 15. The maximum atomic E-state index is 15.0. The number of aromatic nitrogens is 3. The van der Waals surface area contributed by atoms with E-state index in [0.717, 1.165) is 76.1 Å². The summed E-state index contributed by atoms with van der Waals surface area (Å²) < 4.78 is 48.7. The average Bonchev–Trinajstić information content (AvgIpc) is 3.84. The average molecular weight is 790 g/mol. The SMILES string of the molecule is COC(=O)C[C@H]1CCC[C@@H]1[C@](Cn1ccnn1)(c1cccc(F)c1)C1CCN(CC2CN(c3ccc(S(=O)(=O)C4CN(C(=O)/C=C/CN(C)C)C4)cc3)C2)CC1. The standard InChI is InChI=1S/C42H56FN7O5S/c1-46(2)19-6-11-40(51)49-28-38(29-49)56(53,54)37-14-12-36(13-15-37)48-26-31(27-48)25-47-20-16-33(17-21-47)42(30-50-22-18-44-45-50,34-8-5-9-35(43)24-34)39-10-4-7-32(39)23-41(52)55-3/h5-6,8-9,11-15,18,22,24,31-33,38-39H,4,7,10,16-17,19-21,23,25-30H2,1-3H3/b11-6+/t32-,39+,42+/m1/s1. The van der Waals surface area contributed by atoms with Gasteiger partial charge >= 0.3 is 5.97 Å². The molecule has 1 aliphatic carbocycles. The number of carbonyl (C=O) groups is 2. The van der Waals surface area contributed by atoms with Crippen molar-refractivity contribution in [3.63, 3.8) is 0 Å². The van der Waals surface area contributed by atoms with Gasteiger partial charge in [-0.2, -0.15) is 0 Å². The third-order valence-corrected chi connectivity index (χ3v) is 15.0. The Bertz CT molecular complexity index is 1940. The van der Waals surface area contributed by atoms with Crippen molar-refractivity contribution in [1.29, 1.82) is 0 Å². The van der Waals surface area contributed by atoms with Crippen LogP contribution in [0, 0.1) is 29.5 Å². The second-order valence-corrected chi connectivity index (χ2v) is 18.9. The van der Waals surface area contributed by atoms with E-state index in [0.29, 0.717) is 30.3 Å². The second-order valence-electron chi connectivity index (χ2n) is 16.6. The van der Waals surface area contributed by atoms with E-state index in [1.54, 1.807) is 35.4 Å². The molecule has 3 saturated heterocycles. The molecule has 4 fully saturated rings. The molecule has 0 N–H and O–H groups in total. The van der Waals surface area contributed by atoms with Gasteiger partial charge in [0.05, 0.1) is 24.7 Å². The molecule has 0 bridgehead atoms. The second kappa shape index (κ2) is 17.2. The first-order chi connectivity index (χ1) is 27.0. The van der Waals surface area contributed by atoms with Crippen LogP contribution in [0.3, 0.4) is 0 Å². The maximum absolute atomic E-state index is 15.0. The molecule has 1 aromatic heterocycles. The van der Waals surface area contributed by atoms with Crippen molar-refractivity contribution >= 4 is 27.4 Å². The highest BCUT2D eigenvalue weighted by atomic mass is 32.2. The number of anilines is 1. The van der Waals surface area contributed by atoms with Gasteiger partial charge in [0.15, 0.2) is 9.84 Å². The summed E-state index contributed by atoms with van der Waals surface area (Å²) in [6.07, 6.45) is 12.1. The van der Waals surface area contributed by atoms with Crippen molar-refractivity contribution in [3.05, 3.63) is 84.5 Å². The van der Waals surface area contributed by atoms with Gasteiger partial charge < -0.3 is 24.3 Å². The maximum Gasteiger partial charge on any atom is 0.305 e. The number of carbonyl (C=O) groups excluding carboxylic acids is 2. The molecule has 2 aromatic carbocycles. The number of ether oxygens (including phenoxy) is 1. The predicted octanol–water partition coefficient (Wildman–Crippen LogP) is 4.29. The number of piperidine rings is 1. The number of nitrogens with zero attached hydrogens (tertiary/aromatic N) is 7. The van der Waals surface area contributed by atoms with Gasteiger partial charge in [0.25, 0.3) is 0 Å². The van der Waals surface area contributed by atoms with E-state index in [9.17, 15) is 18.0 Å². The number of sulfone groups is 1. The molecule has 56 heavy (non-hydrogen) atoms. The first-order valence-corrected chi connectivity index (χ1v) is 21.6. The minimum absolute atomic E-state index is 0.141. The quantitative estimate of drug-likeness (QED) is 0.163. The number of esters is 1. The Balaban J connectivity index is 0.960. The van der Waals surface area contributed by atoms with Gasteiger partial charge in [0.1, 0.15) is 11.1 Å². The van der Waals surface area contributed by atoms with E-state index in [4.69, 9.17) is 4.74 Å². The number of hydrogen-bond donors (Lipinski definition) is 0. The highest BCUT2D eigenvalue weighted by Gasteiger charge is 2.52. The van der Waals surface area contributed by atoms with Crippen molar-refractivity contribution < 1.29 is 27.1 Å². The highest BCUT2D eigenvalue weighted by Crippen LogP contribution is 2.54. The van der Waals surface area contributed by atoms with Gasteiger partial charge in [-0.1, -0.05) is 29.8 Å². The van der Waals surface area contributed by atoms with Crippen LogP contribution in [-0.2, 0) is 36.1 Å². The smallest absolute Gasteiger partial charge is 0.305 e. The topological polar surface area (TPSA) is 121 Å². The molecule has 1 amide bonds. The first kappa shape index (κ1) is 40.1. The summed E-state index contributed by atoms with van der Waals surface area (Å²) >= 11 is 0. The van der Waals surface area contributed by atoms with Crippen molar-refractivity contribution in [2.75, 3.05) is 78.5 Å². The Kier molecular flexibility index (Phi) is 12.3. The predicted molar refractivity (Wildman–Crippen MR) is 212 cm³/mol. The lowest BCUT2D eigenvalue weighted by molar-refractivity contribution is -0.142. The molecule has 4 aliphatic rings. The molecule has 7 rings (SSSR count). The van der Waals surface area contributed by atoms with Crippen LogP contribution >= 0.6 is 0 Å². The zero-order valence-corrected chi connectivity index (χ0v) is 33.7. The van der Waals surface area contributed by atoms with Crippen molar-refractivity contribution in [1.82, 2.24) is 29.7 Å². The van der Waals surface area contributed by atoms with Gasteiger partial charge in [0.2, 0.25) is 5.91 Å². The van der Waals surface area contributed by atoms with Gasteiger partial charge in [-0.15, -0.1) is 5.10 Å². The molecule has 3 aliphatic heterocycles. The van der Waals surface area contributed by atoms with Gasteiger partial charge in [0, 0.05) is 75.0 Å². The molecular formula is C42H56FN7O5S. The fourth-order valence-corrected chi connectivity index (χ4v) is 11.6. The Morgan fingerprint density at radius 2 is 1.77 bits per heavy atom. The molecule has 0 radical (unpaired) electrons. The zero-order valence-electron chi connectivity index (χ0n) is 32.9. The number of benzene rings is 2.